The number of benzene rings is 1. The Morgan fingerprint density at radius 3 is 1.90 bits per heavy atom. The predicted molar refractivity (Wildman–Crippen MR) is 121 cm³/mol. The van der Waals surface area contributed by atoms with E-state index in [1.54, 1.807) is 4.68 Å². The molecule has 1 heterocycles. The van der Waals surface area contributed by atoms with Crippen molar-refractivity contribution in [1.82, 2.24) is 19.9 Å². The standard InChI is InChI=1S/C24H39F3N4/c1-3-5-7-9-11-13-17-30(18-14-12-10-8-6-4-2)20-31-23-19-21(24(25,26)27)15-16-22(23)28-29-31/h15-16,19H,3-14,17-18,20H2,1-2H3. The van der Waals surface area contributed by atoms with Crippen molar-refractivity contribution < 1.29 is 13.2 Å². The van der Waals surface area contributed by atoms with Gasteiger partial charge >= 0.3 is 6.18 Å². The number of rotatable bonds is 16. The molecule has 2 rings (SSSR count). The van der Waals surface area contributed by atoms with E-state index in [0.717, 1.165) is 32.0 Å². The van der Waals surface area contributed by atoms with Gasteiger partial charge in [-0.2, -0.15) is 13.2 Å². The Bertz CT molecular complexity index is 726. The molecule has 0 saturated heterocycles. The van der Waals surface area contributed by atoms with E-state index in [4.69, 9.17) is 0 Å². The smallest absolute Gasteiger partial charge is 0.284 e. The van der Waals surface area contributed by atoms with Crippen LogP contribution >= 0.6 is 0 Å². The Kier molecular flexibility index (Phi) is 11.3. The van der Waals surface area contributed by atoms with Gasteiger partial charge in [-0.05, 0) is 44.1 Å². The van der Waals surface area contributed by atoms with Crippen LogP contribution in [0, 0.1) is 0 Å². The second-order valence-electron chi connectivity index (χ2n) is 8.59. The molecule has 0 saturated carbocycles. The van der Waals surface area contributed by atoms with Crippen LogP contribution in [0.1, 0.15) is 96.5 Å². The summed E-state index contributed by atoms with van der Waals surface area (Å²) in [5, 5.41) is 8.23. The van der Waals surface area contributed by atoms with Crippen LogP contribution in [0.5, 0.6) is 0 Å². The number of hydrogen-bond donors (Lipinski definition) is 0. The van der Waals surface area contributed by atoms with Crippen LogP contribution in [0.4, 0.5) is 13.2 Å². The molecule has 0 unspecified atom stereocenters. The molecule has 176 valence electrons. The number of unbranched alkanes of at least 4 members (excludes halogenated alkanes) is 10. The average Bonchev–Trinajstić information content (AvgIpc) is 3.14. The van der Waals surface area contributed by atoms with Gasteiger partial charge < -0.3 is 0 Å². The normalized spacial score (nSPS) is 12.3. The van der Waals surface area contributed by atoms with Crippen LogP contribution in [0.15, 0.2) is 18.2 Å². The predicted octanol–water partition coefficient (Wildman–Crippen LogP) is 7.43. The van der Waals surface area contributed by atoms with Crippen molar-refractivity contribution >= 4 is 11.0 Å². The first kappa shape index (κ1) is 25.6. The minimum Gasteiger partial charge on any atom is -0.284 e. The van der Waals surface area contributed by atoms with Crippen LogP contribution in [0.3, 0.4) is 0 Å². The van der Waals surface area contributed by atoms with E-state index in [1.807, 2.05) is 0 Å². The van der Waals surface area contributed by atoms with E-state index in [0.29, 0.717) is 17.7 Å². The molecule has 0 radical (unpaired) electrons. The summed E-state index contributed by atoms with van der Waals surface area (Å²) in [5.41, 5.74) is 0.305. The number of fused-ring (bicyclic) bond motifs is 1. The fraction of sp³-hybridized carbons (Fsp3) is 0.750. The van der Waals surface area contributed by atoms with Gasteiger partial charge in [-0.25, -0.2) is 4.68 Å². The van der Waals surface area contributed by atoms with Gasteiger partial charge in [-0.3, -0.25) is 4.90 Å². The topological polar surface area (TPSA) is 34.0 Å². The lowest BCUT2D eigenvalue weighted by atomic mass is 10.1. The lowest BCUT2D eigenvalue weighted by Gasteiger charge is -2.22. The molecule has 0 bridgehead atoms. The van der Waals surface area contributed by atoms with Crippen molar-refractivity contribution in [3.8, 4) is 0 Å². The SMILES string of the molecule is CCCCCCCCN(CCCCCCCC)Cn1nnc2ccc(C(F)(F)F)cc21. The lowest BCUT2D eigenvalue weighted by Crippen LogP contribution is -2.29. The molecule has 0 N–H and O–H groups in total. The molecular formula is C24H39F3N4. The second kappa shape index (κ2) is 13.7. The summed E-state index contributed by atoms with van der Waals surface area (Å²) in [5.74, 6) is 0. The maximum Gasteiger partial charge on any atom is 0.416 e. The Balaban J connectivity index is 1.97. The van der Waals surface area contributed by atoms with Crippen molar-refractivity contribution in [3.63, 3.8) is 0 Å². The quantitative estimate of drug-likeness (QED) is 0.255. The summed E-state index contributed by atoms with van der Waals surface area (Å²) < 4.78 is 41.1. The number of aromatic nitrogens is 3. The molecule has 4 nitrogen and oxygen atoms in total. The van der Waals surface area contributed by atoms with Crippen LogP contribution in [-0.4, -0.2) is 33.0 Å². The first-order valence-corrected chi connectivity index (χ1v) is 12.1. The van der Waals surface area contributed by atoms with Crippen LogP contribution in [0.25, 0.3) is 11.0 Å². The number of nitrogens with zero attached hydrogens (tertiary/aromatic N) is 4. The van der Waals surface area contributed by atoms with Crippen molar-refractivity contribution in [2.24, 2.45) is 0 Å². The molecule has 0 aliphatic carbocycles. The van der Waals surface area contributed by atoms with E-state index in [2.05, 4.69) is 29.1 Å². The third-order valence-corrected chi connectivity index (χ3v) is 5.83. The van der Waals surface area contributed by atoms with Gasteiger partial charge in [-0.1, -0.05) is 83.3 Å². The molecule has 2 aromatic rings. The van der Waals surface area contributed by atoms with Gasteiger partial charge in [0.05, 0.1) is 17.7 Å². The van der Waals surface area contributed by atoms with E-state index in [1.165, 1.54) is 76.3 Å². The first-order chi connectivity index (χ1) is 15.0. The first-order valence-electron chi connectivity index (χ1n) is 12.1. The van der Waals surface area contributed by atoms with E-state index in [9.17, 15) is 13.2 Å². The summed E-state index contributed by atoms with van der Waals surface area (Å²) in [7, 11) is 0. The molecular weight excluding hydrogens is 401 g/mol. The summed E-state index contributed by atoms with van der Waals surface area (Å²) in [6, 6.07) is 3.65. The van der Waals surface area contributed by atoms with Gasteiger partial charge in [-0.15, -0.1) is 5.10 Å². The minimum absolute atomic E-state index is 0.450. The number of halogens is 3. The molecule has 0 spiro atoms. The number of hydrogen-bond acceptors (Lipinski definition) is 3. The third kappa shape index (κ3) is 9.17. The third-order valence-electron chi connectivity index (χ3n) is 5.83. The molecule has 31 heavy (non-hydrogen) atoms. The maximum atomic E-state index is 13.1. The highest BCUT2D eigenvalue weighted by atomic mass is 19.4. The Labute approximate surface area is 185 Å². The van der Waals surface area contributed by atoms with Gasteiger partial charge in [0.25, 0.3) is 0 Å². The zero-order valence-electron chi connectivity index (χ0n) is 19.3. The van der Waals surface area contributed by atoms with Crippen molar-refractivity contribution in [2.75, 3.05) is 13.1 Å². The minimum atomic E-state index is -4.36. The Morgan fingerprint density at radius 2 is 1.35 bits per heavy atom. The lowest BCUT2D eigenvalue weighted by molar-refractivity contribution is -0.137. The second-order valence-corrected chi connectivity index (χ2v) is 8.59. The van der Waals surface area contributed by atoms with E-state index < -0.39 is 11.7 Å². The van der Waals surface area contributed by atoms with Crippen molar-refractivity contribution in [2.45, 2.75) is 104 Å². The molecule has 0 amide bonds. The highest BCUT2D eigenvalue weighted by molar-refractivity contribution is 5.75. The fourth-order valence-corrected chi connectivity index (χ4v) is 3.92. The molecule has 0 atom stereocenters. The summed E-state index contributed by atoms with van der Waals surface area (Å²) in [6.45, 7) is 6.81. The summed E-state index contributed by atoms with van der Waals surface area (Å²) in [6.07, 6.45) is 10.4. The van der Waals surface area contributed by atoms with E-state index in [-0.39, 0.29) is 0 Å². The molecule has 1 aromatic heterocycles. The summed E-state index contributed by atoms with van der Waals surface area (Å²) >= 11 is 0. The van der Waals surface area contributed by atoms with Crippen LogP contribution in [0.2, 0.25) is 0 Å². The van der Waals surface area contributed by atoms with Crippen LogP contribution < -0.4 is 0 Å². The monoisotopic (exact) mass is 440 g/mol. The summed E-state index contributed by atoms with van der Waals surface area (Å²) in [4.78, 5) is 2.33. The highest BCUT2D eigenvalue weighted by Gasteiger charge is 2.31. The molecule has 0 aliphatic rings. The largest absolute Gasteiger partial charge is 0.416 e. The molecule has 0 fully saturated rings. The average molecular weight is 441 g/mol. The molecule has 0 aliphatic heterocycles. The van der Waals surface area contributed by atoms with Gasteiger partial charge in [0, 0.05) is 0 Å². The van der Waals surface area contributed by atoms with Gasteiger partial charge in [0.15, 0.2) is 0 Å². The van der Waals surface area contributed by atoms with Gasteiger partial charge in [0.2, 0.25) is 0 Å². The molecule has 1 aromatic carbocycles. The van der Waals surface area contributed by atoms with Crippen molar-refractivity contribution in [3.05, 3.63) is 23.8 Å². The maximum absolute atomic E-state index is 13.1. The highest BCUT2D eigenvalue weighted by Crippen LogP contribution is 2.31. The Hall–Kier alpha value is -1.63. The Morgan fingerprint density at radius 1 is 0.806 bits per heavy atom. The van der Waals surface area contributed by atoms with Crippen molar-refractivity contribution in [1.29, 1.82) is 0 Å². The zero-order valence-corrected chi connectivity index (χ0v) is 19.3. The fourth-order valence-electron chi connectivity index (χ4n) is 3.92. The van der Waals surface area contributed by atoms with Gasteiger partial charge in [0.1, 0.15) is 5.52 Å². The molecule has 7 heteroatoms. The zero-order chi connectivity index (χ0) is 22.5. The van der Waals surface area contributed by atoms with E-state index >= 15 is 0 Å². The number of alkyl halides is 3. The van der Waals surface area contributed by atoms with Crippen LogP contribution in [-0.2, 0) is 12.8 Å².